The Balaban J connectivity index is 2.63. The van der Waals surface area contributed by atoms with Gasteiger partial charge in [0.25, 0.3) is 10.1 Å². The highest BCUT2D eigenvalue weighted by atomic mass is 79.9. The lowest BCUT2D eigenvalue weighted by molar-refractivity contribution is -0.116. The molecule has 1 aromatic rings. The lowest BCUT2D eigenvalue weighted by Crippen LogP contribution is -2.25. The lowest BCUT2D eigenvalue weighted by Gasteiger charge is -2.15. The van der Waals surface area contributed by atoms with Gasteiger partial charge in [0.1, 0.15) is 4.90 Å². The van der Waals surface area contributed by atoms with Gasteiger partial charge in [-0.15, -0.1) is 0 Å². The topological polar surface area (TPSA) is 74.7 Å². The molecule has 0 aromatic heterocycles. The second kappa shape index (κ2) is 4.08. The number of hydrogen-bond donors (Lipinski definition) is 1. The third-order valence-corrected chi connectivity index (χ3v) is 4.50. The average Bonchev–Trinajstić information content (AvgIpc) is 2.57. The van der Waals surface area contributed by atoms with E-state index in [0.29, 0.717) is 23.1 Å². The first-order valence-corrected chi connectivity index (χ1v) is 7.12. The molecule has 1 N–H and O–H groups in total. The van der Waals surface area contributed by atoms with Crippen molar-refractivity contribution in [2.24, 2.45) is 0 Å². The first-order valence-electron chi connectivity index (χ1n) is 4.88. The molecule has 0 saturated carbocycles. The first-order chi connectivity index (χ1) is 7.80. The number of carbonyl (C=O) groups is 1. The van der Waals surface area contributed by atoms with Crippen molar-refractivity contribution in [3.05, 3.63) is 22.2 Å². The monoisotopic (exact) mass is 319 g/mol. The molecule has 1 heterocycles. The molecule has 1 amide bonds. The van der Waals surface area contributed by atoms with Crippen molar-refractivity contribution in [2.75, 3.05) is 11.4 Å². The zero-order valence-corrected chi connectivity index (χ0v) is 11.4. The second-order valence-corrected chi connectivity index (χ2v) is 6.05. The number of nitrogens with zero attached hydrogens (tertiary/aromatic N) is 1. The van der Waals surface area contributed by atoms with Crippen molar-refractivity contribution >= 4 is 37.6 Å². The molecule has 92 valence electrons. The van der Waals surface area contributed by atoms with Crippen LogP contribution in [0, 0.1) is 0 Å². The average molecular weight is 320 g/mol. The number of anilines is 1. The fourth-order valence-corrected chi connectivity index (χ4v) is 3.48. The Kier molecular flexibility index (Phi) is 3.01. The van der Waals surface area contributed by atoms with E-state index in [-0.39, 0.29) is 10.8 Å². The van der Waals surface area contributed by atoms with Crippen LogP contribution in [-0.2, 0) is 21.3 Å². The van der Waals surface area contributed by atoms with Crippen LogP contribution in [0.1, 0.15) is 12.5 Å². The van der Waals surface area contributed by atoms with Crippen molar-refractivity contribution in [1.82, 2.24) is 0 Å². The third kappa shape index (κ3) is 2.22. The predicted molar refractivity (Wildman–Crippen MR) is 65.7 cm³/mol. The Labute approximate surface area is 107 Å². The molecule has 0 aliphatic carbocycles. The summed E-state index contributed by atoms with van der Waals surface area (Å²) in [6, 6.07) is 2.95. The maximum atomic E-state index is 11.4. The van der Waals surface area contributed by atoms with Crippen molar-refractivity contribution < 1.29 is 17.8 Å². The number of carbonyl (C=O) groups excluding carboxylic acids is 1. The highest BCUT2D eigenvalue weighted by molar-refractivity contribution is 9.10. The van der Waals surface area contributed by atoms with E-state index in [2.05, 4.69) is 15.9 Å². The number of benzene rings is 1. The predicted octanol–water partition coefficient (Wildman–Crippen LogP) is 1.60. The molecule has 1 aromatic carbocycles. The van der Waals surface area contributed by atoms with E-state index in [9.17, 15) is 13.2 Å². The summed E-state index contributed by atoms with van der Waals surface area (Å²) in [6.45, 7) is 1.95. The molecule has 1 aliphatic heterocycles. The minimum absolute atomic E-state index is 0.146. The Bertz CT molecular complexity index is 597. The van der Waals surface area contributed by atoms with Gasteiger partial charge in [0.2, 0.25) is 5.91 Å². The standard InChI is InChI=1S/C10H10BrNO4S/c1-6(13)12-3-2-7-4-8(11)10(5-9(7)12)17(14,15)16/h4-5H,2-3H2,1H3,(H,14,15,16). The fraction of sp³-hybridized carbons (Fsp3) is 0.300. The molecule has 5 nitrogen and oxygen atoms in total. The first kappa shape index (κ1) is 12.5. The quantitative estimate of drug-likeness (QED) is 0.798. The number of fused-ring (bicyclic) bond motifs is 1. The van der Waals surface area contributed by atoms with Crippen molar-refractivity contribution in [3.8, 4) is 0 Å². The maximum Gasteiger partial charge on any atom is 0.295 e. The zero-order valence-electron chi connectivity index (χ0n) is 8.97. The summed E-state index contributed by atoms with van der Waals surface area (Å²) in [5.41, 5.74) is 1.44. The van der Waals surface area contributed by atoms with Crippen LogP contribution in [0.15, 0.2) is 21.5 Å². The molecule has 1 aliphatic rings. The van der Waals surface area contributed by atoms with E-state index in [0.717, 1.165) is 5.56 Å². The number of hydrogen-bond acceptors (Lipinski definition) is 3. The maximum absolute atomic E-state index is 11.4. The van der Waals surface area contributed by atoms with Gasteiger partial charge in [0.15, 0.2) is 0 Å². The van der Waals surface area contributed by atoms with Crippen molar-refractivity contribution in [1.29, 1.82) is 0 Å². The summed E-state index contributed by atoms with van der Waals surface area (Å²) in [7, 11) is -4.29. The molecular formula is C10H10BrNO4S. The Morgan fingerprint density at radius 1 is 1.47 bits per heavy atom. The molecule has 7 heteroatoms. The van der Waals surface area contributed by atoms with Crippen LogP contribution in [0.3, 0.4) is 0 Å². The van der Waals surface area contributed by atoms with Gasteiger partial charge in [-0.2, -0.15) is 8.42 Å². The van der Waals surface area contributed by atoms with Gasteiger partial charge in [-0.1, -0.05) is 0 Å². The summed E-state index contributed by atoms with van der Waals surface area (Å²) in [5, 5.41) is 0. The smallest absolute Gasteiger partial charge is 0.295 e. The molecule has 0 spiro atoms. The fourth-order valence-electron chi connectivity index (χ4n) is 1.91. The minimum atomic E-state index is -4.29. The lowest BCUT2D eigenvalue weighted by atomic mass is 10.2. The van der Waals surface area contributed by atoms with Gasteiger partial charge in [-0.25, -0.2) is 0 Å². The highest BCUT2D eigenvalue weighted by Crippen LogP contribution is 2.35. The zero-order chi connectivity index (χ0) is 12.8. The highest BCUT2D eigenvalue weighted by Gasteiger charge is 2.26. The van der Waals surface area contributed by atoms with Gasteiger partial charge < -0.3 is 4.90 Å². The van der Waals surface area contributed by atoms with Crippen LogP contribution in [0.2, 0.25) is 0 Å². The van der Waals surface area contributed by atoms with E-state index >= 15 is 0 Å². The molecule has 0 saturated heterocycles. The molecule has 2 rings (SSSR count). The Morgan fingerprint density at radius 2 is 2.12 bits per heavy atom. The van der Waals surface area contributed by atoms with Crippen LogP contribution in [-0.4, -0.2) is 25.4 Å². The van der Waals surface area contributed by atoms with Gasteiger partial charge in [0, 0.05) is 23.6 Å². The summed E-state index contributed by atoms with van der Waals surface area (Å²) < 4.78 is 31.7. The second-order valence-electron chi connectivity index (χ2n) is 3.81. The van der Waals surface area contributed by atoms with E-state index in [1.54, 1.807) is 6.07 Å². The number of halogens is 1. The Morgan fingerprint density at radius 3 is 2.65 bits per heavy atom. The summed E-state index contributed by atoms with van der Waals surface area (Å²) in [5.74, 6) is -0.146. The largest absolute Gasteiger partial charge is 0.312 e. The number of amides is 1. The van der Waals surface area contributed by atoms with Gasteiger partial charge in [-0.3, -0.25) is 9.35 Å². The van der Waals surface area contributed by atoms with Crippen molar-refractivity contribution in [2.45, 2.75) is 18.2 Å². The molecule has 17 heavy (non-hydrogen) atoms. The molecule has 0 fully saturated rings. The van der Waals surface area contributed by atoms with Crippen LogP contribution < -0.4 is 4.90 Å². The summed E-state index contributed by atoms with van der Waals surface area (Å²) in [4.78, 5) is 12.6. The molecule has 0 radical (unpaired) electrons. The van der Waals surface area contributed by atoms with E-state index in [1.807, 2.05) is 0 Å². The summed E-state index contributed by atoms with van der Waals surface area (Å²) >= 11 is 3.10. The van der Waals surface area contributed by atoms with E-state index in [4.69, 9.17) is 4.55 Å². The molecule has 0 unspecified atom stereocenters. The van der Waals surface area contributed by atoms with Gasteiger partial charge >= 0.3 is 0 Å². The van der Waals surface area contributed by atoms with Crippen molar-refractivity contribution in [3.63, 3.8) is 0 Å². The van der Waals surface area contributed by atoms with Crippen LogP contribution in [0.5, 0.6) is 0 Å². The van der Waals surface area contributed by atoms with E-state index in [1.165, 1.54) is 17.9 Å². The van der Waals surface area contributed by atoms with Gasteiger partial charge in [0.05, 0.1) is 0 Å². The summed E-state index contributed by atoms with van der Waals surface area (Å²) in [6.07, 6.45) is 0.680. The third-order valence-electron chi connectivity index (χ3n) is 2.69. The van der Waals surface area contributed by atoms with E-state index < -0.39 is 10.1 Å². The molecule has 0 atom stereocenters. The SMILES string of the molecule is CC(=O)N1CCc2cc(Br)c(S(=O)(=O)O)cc21. The van der Waals surface area contributed by atoms with Crippen LogP contribution in [0.4, 0.5) is 5.69 Å². The van der Waals surface area contributed by atoms with Crippen LogP contribution >= 0.6 is 15.9 Å². The molecular weight excluding hydrogens is 310 g/mol. The molecule has 0 bridgehead atoms. The van der Waals surface area contributed by atoms with Gasteiger partial charge in [-0.05, 0) is 40.0 Å². The van der Waals surface area contributed by atoms with Crippen LogP contribution in [0.25, 0.3) is 0 Å². The normalized spacial score (nSPS) is 14.9. The number of rotatable bonds is 1. The Hall–Kier alpha value is -0.920. The minimum Gasteiger partial charge on any atom is -0.312 e.